The molecule has 26 heavy (non-hydrogen) atoms. The molecule has 0 saturated carbocycles. The van der Waals surface area contributed by atoms with Gasteiger partial charge in [0.15, 0.2) is 13.1 Å². The molecule has 1 unspecified atom stereocenters. The molecular formula is C19H32N3O4+. The molecule has 3 N–H and O–H groups in total. The third-order valence-electron chi connectivity index (χ3n) is 3.72. The van der Waals surface area contributed by atoms with Crippen LogP contribution in [0.1, 0.15) is 39.3 Å². The summed E-state index contributed by atoms with van der Waals surface area (Å²) in [6.07, 6.45) is 0. The molecule has 1 rings (SSSR count). The summed E-state index contributed by atoms with van der Waals surface area (Å²) < 4.78 is 10.6. The fourth-order valence-corrected chi connectivity index (χ4v) is 2.62. The summed E-state index contributed by atoms with van der Waals surface area (Å²) in [5, 5.41) is 5.84. The number of benzene rings is 1. The van der Waals surface area contributed by atoms with Gasteiger partial charge in [-0.1, -0.05) is 0 Å². The maximum absolute atomic E-state index is 12.3. The van der Waals surface area contributed by atoms with Crippen molar-refractivity contribution in [2.45, 2.75) is 39.3 Å². The molecule has 0 aliphatic rings. The molecule has 0 bridgehead atoms. The lowest BCUT2D eigenvalue weighted by atomic mass is 10.1. The highest BCUT2D eigenvalue weighted by Gasteiger charge is 2.20. The topological polar surface area (TPSA) is 81.1 Å². The fraction of sp³-hybridized carbons (Fsp3) is 0.579. The molecule has 1 aromatic carbocycles. The zero-order valence-corrected chi connectivity index (χ0v) is 16.9. The van der Waals surface area contributed by atoms with Crippen LogP contribution >= 0.6 is 0 Å². The smallest absolute Gasteiger partial charge is 0.275 e. The summed E-state index contributed by atoms with van der Waals surface area (Å²) in [4.78, 5) is 25.1. The van der Waals surface area contributed by atoms with Gasteiger partial charge >= 0.3 is 0 Å². The molecule has 1 aromatic rings. The quantitative estimate of drug-likeness (QED) is 0.619. The van der Waals surface area contributed by atoms with Crippen LogP contribution in [0.25, 0.3) is 0 Å². The van der Waals surface area contributed by atoms with Crippen molar-refractivity contribution in [3.05, 3.63) is 23.8 Å². The van der Waals surface area contributed by atoms with E-state index in [1.54, 1.807) is 14.2 Å². The summed E-state index contributed by atoms with van der Waals surface area (Å²) in [5.41, 5.74) is 0.556. The first-order chi connectivity index (χ1) is 12.1. The zero-order valence-electron chi connectivity index (χ0n) is 16.9. The maximum Gasteiger partial charge on any atom is 0.275 e. The van der Waals surface area contributed by atoms with Crippen LogP contribution in [-0.4, -0.2) is 51.7 Å². The number of hydrogen-bond acceptors (Lipinski definition) is 4. The van der Waals surface area contributed by atoms with Gasteiger partial charge in [-0.2, -0.15) is 0 Å². The second-order valence-electron chi connectivity index (χ2n) is 7.51. The number of quaternary nitrogens is 1. The van der Waals surface area contributed by atoms with E-state index in [0.29, 0.717) is 11.5 Å². The molecule has 146 valence electrons. The van der Waals surface area contributed by atoms with Crippen LogP contribution in [0.2, 0.25) is 0 Å². The van der Waals surface area contributed by atoms with E-state index in [-0.39, 0.29) is 36.5 Å². The molecule has 0 aliphatic heterocycles. The summed E-state index contributed by atoms with van der Waals surface area (Å²) in [7, 11) is 5.00. The first-order valence-corrected chi connectivity index (χ1v) is 8.69. The normalized spacial score (nSPS) is 13.5. The third kappa shape index (κ3) is 7.31. The summed E-state index contributed by atoms with van der Waals surface area (Å²) in [6.45, 7) is 8.11. The standard InChI is InChI=1S/C19H31N3O4/c1-13(15-10-14(25-6)8-9-16(15)26-7)20-17(23)11-22(5)12-18(24)21-19(2,3)4/h8-10,13H,11-12H2,1-7H3,(H,20,23)(H,21,24)/p+1/t13-/m1/s1. The Hall–Kier alpha value is -2.28. The number of ether oxygens (including phenoxy) is 2. The van der Waals surface area contributed by atoms with E-state index >= 15 is 0 Å². The van der Waals surface area contributed by atoms with Gasteiger partial charge < -0.3 is 25.0 Å². The van der Waals surface area contributed by atoms with Gasteiger partial charge in [-0.05, 0) is 45.9 Å². The predicted octanol–water partition coefficient (Wildman–Crippen LogP) is 0.310. The molecule has 7 nitrogen and oxygen atoms in total. The zero-order chi connectivity index (χ0) is 19.9. The number of rotatable bonds is 8. The van der Waals surface area contributed by atoms with Crippen LogP contribution in [0.3, 0.4) is 0 Å². The van der Waals surface area contributed by atoms with Crippen molar-refractivity contribution >= 4 is 11.8 Å². The van der Waals surface area contributed by atoms with E-state index in [9.17, 15) is 9.59 Å². The maximum atomic E-state index is 12.3. The molecule has 0 spiro atoms. The summed E-state index contributed by atoms with van der Waals surface area (Å²) in [6, 6.07) is 5.22. The van der Waals surface area contributed by atoms with Crippen LogP contribution in [0, 0.1) is 0 Å². The van der Waals surface area contributed by atoms with Gasteiger partial charge in [-0.3, -0.25) is 9.59 Å². The minimum Gasteiger partial charge on any atom is -0.497 e. The summed E-state index contributed by atoms with van der Waals surface area (Å²) >= 11 is 0. The lowest BCUT2D eigenvalue weighted by molar-refractivity contribution is -0.862. The SMILES string of the molecule is COc1ccc(OC)c([C@@H](C)NC(=O)C[NH+](C)CC(=O)NC(C)(C)C)c1. The minimum atomic E-state index is -0.281. The van der Waals surface area contributed by atoms with Crippen molar-refractivity contribution in [3.63, 3.8) is 0 Å². The van der Waals surface area contributed by atoms with E-state index in [1.807, 2.05) is 52.9 Å². The number of carbonyl (C=O) groups excluding carboxylic acids is 2. The Balaban J connectivity index is 2.63. The highest BCUT2D eigenvalue weighted by atomic mass is 16.5. The first kappa shape index (κ1) is 21.8. The van der Waals surface area contributed by atoms with Crippen LogP contribution in [0.5, 0.6) is 11.5 Å². The lowest BCUT2D eigenvalue weighted by Crippen LogP contribution is -3.11. The van der Waals surface area contributed by atoms with Gasteiger partial charge in [0.1, 0.15) is 11.5 Å². The average Bonchev–Trinajstić information content (AvgIpc) is 2.51. The van der Waals surface area contributed by atoms with Crippen molar-refractivity contribution in [2.75, 3.05) is 34.4 Å². The highest BCUT2D eigenvalue weighted by Crippen LogP contribution is 2.29. The number of hydrogen-bond donors (Lipinski definition) is 3. The van der Waals surface area contributed by atoms with Gasteiger partial charge in [-0.15, -0.1) is 0 Å². The molecule has 0 saturated heterocycles. The van der Waals surface area contributed by atoms with Crippen molar-refractivity contribution < 1.29 is 24.0 Å². The number of likely N-dealkylation sites (N-methyl/N-ethyl adjacent to an activating group) is 1. The van der Waals surface area contributed by atoms with E-state index in [2.05, 4.69) is 10.6 Å². The molecule has 0 aliphatic carbocycles. The van der Waals surface area contributed by atoms with E-state index < -0.39 is 0 Å². The molecule has 2 amide bonds. The molecule has 0 fully saturated rings. The second kappa shape index (κ2) is 9.43. The second-order valence-corrected chi connectivity index (χ2v) is 7.51. The molecule has 7 heteroatoms. The minimum absolute atomic E-state index is 0.0784. The van der Waals surface area contributed by atoms with E-state index in [0.717, 1.165) is 10.5 Å². The van der Waals surface area contributed by atoms with Crippen LogP contribution < -0.4 is 25.0 Å². The Bertz CT molecular complexity index is 626. The van der Waals surface area contributed by atoms with Crippen LogP contribution in [0.4, 0.5) is 0 Å². The van der Waals surface area contributed by atoms with Crippen molar-refractivity contribution in [2.24, 2.45) is 0 Å². The molecule has 2 atom stereocenters. The molecule has 0 aromatic heterocycles. The van der Waals surface area contributed by atoms with Crippen LogP contribution in [-0.2, 0) is 9.59 Å². The van der Waals surface area contributed by atoms with Gasteiger partial charge in [-0.25, -0.2) is 0 Å². The number of carbonyl (C=O) groups is 2. The average molecular weight is 366 g/mol. The van der Waals surface area contributed by atoms with E-state index in [1.165, 1.54) is 0 Å². The Morgan fingerprint density at radius 2 is 1.73 bits per heavy atom. The Kier molecular flexibility index (Phi) is 7.89. The molecule has 0 radical (unpaired) electrons. The Morgan fingerprint density at radius 1 is 1.12 bits per heavy atom. The lowest BCUT2D eigenvalue weighted by Gasteiger charge is -2.22. The fourth-order valence-electron chi connectivity index (χ4n) is 2.62. The molecule has 0 heterocycles. The Labute approximate surface area is 156 Å². The number of nitrogens with one attached hydrogen (secondary N) is 3. The highest BCUT2D eigenvalue weighted by molar-refractivity contribution is 5.79. The monoisotopic (exact) mass is 366 g/mol. The van der Waals surface area contributed by atoms with Gasteiger partial charge in [0.05, 0.1) is 27.3 Å². The molecular weight excluding hydrogens is 334 g/mol. The van der Waals surface area contributed by atoms with Crippen molar-refractivity contribution in [1.82, 2.24) is 10.6 Å². The van der Waals surface area contributed by atoms with Gasteiger partial charge in [0.2, 0.25) is 0 Å². The van der Waals surface area contributed by atoms with Crippen LogP contribution in [0.15, 0.2) is 18.2 Å². The first-order valence-electron chi connectivity index (χ1n) is 8.69. The van der Waals surface area contributed by atoms with Crippen molar-refractivity contribution in [1.29, 1.82) is 0 Å². The Morgan fingerprint density at radius 3 is 2.27 bits per heavy atom. The van der Waals surface area contributed by atoms with Gasteiger partial charge in [0.25, 0.3) is 11.8 Å². The number of methoxy groups -OCH3 is 2. The number of amides is 2. The van der Waals surface area contributed by atoms with Crippen molar-refractivity contribution in [3.8, 4) is 11.5 Å². The largest absolute Gasteiger partial charge is 0.497 e. The third-order valence-corrected chi connectivity index (χ3v) is 3.72. The van der Waals surface area contributed by atoms with Gasteiger partial charge in [0, 0.05) is 11.1 Å². The predicted molar refractivity (Wildman–Crippen MR) is 101 cm³/mol. The van der Waals surface area contributed by atoms with E-state index in [4.69, 9.17) is 9.47 Å². The summed E-state index contributed by atoms with van der Waals surface area (Å²) in [5.74, 6) is 1.17.